The molecular formula is C22H28N2O. The third-order valence-corrected chi connectivity index (χ3v) is 4.84. The van der Waals surface area contributed by atoms with Crippen molar-refractivity contribution in [3.8, 4) is 11.5 Å². The summed E-state index contributed by atoms with van der Waals surface area (Å²) >= 11 is 0. The van der Waals surface area contributed by atoms with Crippen LogP contribution in [0.3, 0.4) is 0 Å². The Kier molecular flexibility index (Phi) is 5.12. The molecule has 1 heterocycles. The SMILES string of the molecule is CCC/C=c1/cc2c(cc1C)=Nc1cc(C)c(N(CC)CC)cc1O2. The third-order valence-electron chi connectivity index (χ3n) is 4.84. The van der Waals surface area contributed by atoms with Crippen LogP contribution in [0.25, 0.3) is 6.08 Å². The van der Waals surface area contributed by atoms with E-state index in [9.17, 15) is 0 Å². The number of ether oxygens (including phenoxy) is 1. The second-order valence-electron chi connectivity index (χ2n) is 6.66. The van der Waals surface area contributed by atoms with Crippen LogP contribution in [0.15, 0.2) is 29.3 Å². The van der Waals surface area contributed by atoms with E-state index in [0.717, 1.165) is 48.5 Å². The summed E-state index contributed by atoms with van der Waals surface area (Å²) in [6, 6.07) is 8.54. The molecule has 3 nitrogen and oxygen atoms in total. The zero-order valence-corrected chi connectivity index (χ0v) is 16.0. The van der Waals surface area contributed by atoms with E-state index in [1.54, 1.807) is 0 Å². The quantitative estimate of drug-likeness (QED) is 0.669. The van der Waals surface area contributed by atoms with Gasteiger partial charge in [0, 0.05) is 24.8 Å². The molecule has 0 aromatic heterocycles. The topological polar surface area (TPSA) is 24.8 Å². The maximum absolute atomic E-state index is 6.25. The molecule has 0 aliphatic carbocycles. The lowest BCUT2D eigenvalue weighted by atomic mass is 10.1. The average Bonchev–Trinajstić information content (AvgIpc) is 2.60. The number of benzene rings is 2. The first-order chi connectivity index (χ1) is 12.1. The Balaban J connectivity index is 2.10. The molecular weight excluding hydrogens is 308 g/mol. The van der Waals surface area contributed by atoms with Crippen molar-refractivity contribution < 1.29 is 4.74 Å². The maximum Gasteiger partial charge on any atom is 0.155 e. The first-order valence-corrected chi connectivity index (χ1v) is 9.34. The molecule has 0 spiro atoms. The van der Waals surface area contributed by atoms with Gasteiger partial charge in [-0.15, -0.1) is 0 Å². The first-order valence-electron chi connectivity index (χ1n) is 9.34. The number of hydrogen-bond acceptors (Lipinski definition) is 3. The molecule has 0 saturated carbocycles. The minimum atomic E-state index is 0.852. The number of hydrogen-bond donors (Lipinski definition) is 0. The summed E-state index contributed by atoms with van der Waals surface area (Å²) in [7, 11) is 0. The summed E-state index contributed by atoms with van der Waals surface area (Å²) in [5, 5.41) is 2.17. The van der Waals surface area contributed by atoms with Crippen LogP contribution in [-0.4, -0.2) is 13.1 Å². The van der Waals surface area contributed by atoms with Gasteiger partial charge in [-0.25, -0.2) is 4.99 Å². The molecule has 1 aliphatic heterocycles. The summed E-state index contributed by atoms with van der Waals surface area (Å²) in [6.07, 6.45) is 4.51. The molecule has 3 rings (SSSR count). The van der Waals surface area contributed by atoms with Crippen LogP contribution in [0.2, 0.25) is 0 Å². The van der Waals surface area contributed by atoms with Gasteiger partial charge >= 0.3 is 0 Å². The predicted octanol–water partition coefficient (Wildman–Crippen LogP) is 4.79. The van der Waals surface area contributed by atoms with Crippen LogP contribution < -0.4 is 20.2 Å². The Bertz CT molecular complexity index is 895. The normalized spacial score (nSPS) is 12.9. The average molecular weight is 336 g/mol. The zero-order valence-electron chi connectivity index (χ0n) is 16.0. The van der Waals surface area contributed by atoms with E-state index in [2.05, 4.69) is 69.9 Å². The molecule has 0 atom stereocenters. The fourth-order valence-corrected chi connectivity index (χ4v) is 3.36. The lowest BCUT2D eigenvalue weighted by molar-refractivity contribution is 0.469. The van der Waals surface area contributed by atoms with E-state index < -0.39 is 0 Å². The molecule has 0 radical (unpaired) electrons. The number of fused-ring (bicyclic) bond motifs is 2. The Morgan fingerprint density at radius 3 is 2.40 bits per heavy atom. The van der Waals surface area contributed by atoms with Gasteiger partial charge < -0.3 is 9.64 Å². The molecule has 0 amide bonds. The first kappa shape index (κ1) is 17.5. The van der Waals surface area contributed by atoms with Crippen molar-refractivity contribution in [2.45, 2.75) is 47.5 Å². The fraction of sp³-hybridized carbons (Fsp3) is 0.409. The van der Waals surface area contributed by atoms with Crippen molar-refractivity contribution in [1.29, 1.82) is 0 Å². The highest BCUT2D eigenvalue weighted by Crippen LogP contribution is 2.39. The van der Waals surface area contributed by atoms with Gasteiger partial charge in [-0.1, -0.05) is 19.4 Å². The van der Waals surface area contributed by atoms with Gasteiger partial charge in [0.1, 0.15) is 11.0 Å². The van der Waals surface area contributed by atoms with E-state index in [-0.39, 0.29) is 0 Å². The highest BCUT2D eigenvalue weighted by atomic mass is 16.5. The van der Waals surface area contributed by atoms with Crippen molar-refractivity contribution in [3.63, 3.8) is 0 Å². The molecule has 0 fully saturated rings. The molecule has 132 valence electrons. The Hall–Kier alpha value is -2.29. The van der Waals surface area contributed by atoms with Crippen molar-refractivity contribution in [1.82, 2.24) is 0 Å². The monoisotopic (exact) mass is 336 g/mol. The maximum atomic E-state index is 6.25. The number of rotatable bonds is 5. The summed E-state index contributed by atoms with van der Waals surface area (Å²) < 4.78 is 6.25. The molecule has 2 aromatic carbocycles. The van der Waals surface area contributed by atoms with E-state index in [0.29, 0.717) is 0 Å². The lowest BCUT2D eigenvalue weighted by Crippen LogP contribution is -2.23. The summed E-state index contributed by atoms with van der Waals surface area (Å²) in [5.74, 6) is 1.71. The summed E-state index contributed by atoms with van der Waals surface area (Å²) in [4.78, 5) is 7.20. The van der Waals surface area contributed by atoms with Crippen LogP contribution in [0.4, 0.5) is 11.4 Å². The molecule has 2 aromatic rings. The lowest BCUT2D eigenvalue weighted by Gasteiger charge is -2.25. The summed E-state index contributed by atoms with van der Waals surface area (Å²) in [6.45, 7) is 12.8. The Morgan fingerprint density at radius 1 is 0.960 bits per heavy atom. The molecule has 1 aliphatic rings. The van der Waals surface area contributed by atoms with Crippen molar-refractivity contribution >= 4 is 17.5 Å². The molecule has 25 heavy (non-hydrogen) atoms. The minimum Gasteiger partial charge on any atom is -0.453 e. The fourth-order valence-electron chi connectivity index (χ4n) is 3.36. The van der Waals surface area contributed by atoms with Crippen molar-refractivity contribution in [2.75, 3.05) is 18.0 Å². The zero-order chi connectivity index (χ0) is 18.0. The molecule has 0 N–H and O–H groups in total. The second-order valence-corrected chi connectivity index (χ2v) is 6.66. The van der Waals surface area contributed by atoms with E-state index in [1.807, 2.05) is 0 Å². The van der Waals surface area contributed by atoms with E-state index in [4.69, 9.17) is 9.73 Å². The van der Waals surface area contributed by atoms with Crippen LogP contribution >= 0.6 is 0 Å². The molecule has 0 bridgehead atoms. The molecule has 3 heteroatoms. The van der Waals surface area contributed by atoms with E-state index in [1.165, 1.54) is 22.0 Å². The largest absolute Gasteiger partial charge is 0.453 e. The van der Waals surface area contributed by atoms with Gasteiger partial charge in [0.2, 0.25) is 0 Å². The highest BCUT2D eigenvalue weighted by molar-refractivity contribution is 5.68. The van der Waals surface area contributed by atoms with Crippen molar-refractivity contribution in [3.05, 3.63) is 46.0 Å². The van der Waals surface area contributed by atoms with Gasteiger partial charge in [0.25, 0.3) is 0 Å². The molecule has 0 unspecified atom stereocenters. The van der Waals surface area contributed by atoms with Crippen LogP contribution in [-0.2, 0) is 0 Å². The molecule has 0 saturated heterocycles. The van der Waals surface area contributed by atoms with Crippen LogP contribution in [0.1, 0.15) is 44.7 Å². The van der Waals surface area contributed by atoms with Crippen molar-refractivity contribution in [2.24, 2.45) is 4.99 Å². The predicted molar refractivity (Wildman–Crippen MR) is 106 cm³/mol. The number of nitrogens with zero attached hydrogens (tertiary/aromatic N) is 2. The standard InChI is InChI=1S/C22H28N2O/c1-6-9-10-17-13-21-18(11-15(17)4)23-19-12-16(5)20(14-22(19)25-21)24(7-2)8-3/h10-14H,6-9H2,1-5H3/b17-10-. The highest BCUT2D eigenvalue weighted by Gasteiger charge is 2.17. The number of unbranched alkanes of at least 4 members (excludes halogenated alkanes) is 1. The minimum absolute atomic E-state index is 0.852. The Morgan fingerprint density at radius 2 is 1.72 bits per heavy atom. The third kappa shape index (κ3) is 3.41. The van der Waals surface area contributed by atoms with Gasteiger partial charge in [0.15, 0.2) is 11.5 Å². The smallest absolute Gasteiger partial charge is 0.155 e. The second kappa shape index (κ2) is 7.30. The van der Waals surface area contributed by atoms with Gasteiger partial charge in [-0.05, 0) is 68.7 Å². The Labute approximate surface area is 150 Å². The van der Waals surface area contributed by atoms with Gasteiger partial charge in [-0.2, -0.15) is 0 Å². The van der Waals surface area contributed by atoms with E-state index >= 15 is 0 Å². The van der Waals surface area contributed by atoms with Gasteiger partial charge in [-0.3, -0.25) is 0 Å². The van der Waals surface area contributed by atoms with Crippen LogP contribution in [0.5, 0.6) is 11.5 Å². The van der Waals surface area contributed by atoms with Gasteiger partial charge in [0.05, 0.1) is 0 Å². The number of anilines is 1. The summed E-state index contributed by atoms with van der Waals surface area (Å²) in [5.41, 5.74) is 4.64. The number of aryl methyl sites for hydroxylation is 2. The van der Waals surface area contributed by atoms with Crippen LogP contribution in [0, 0.1) is 13.8 Å².